The zero-order valence-corrected chi connectivity index (χ0v) is 14.7. The molecule has 0 saturated heterocycles. The Hall–Kier alpha value is -2.62. The van der Waals surface area contributed by atoms with Crippen molar-refractivity contribution < 1.29 is 13.9 Å². The van der Waals surface area contributed by atoms with Gasteiger partial charge in [0.05, 0.1) is 34.5 Å². The Balaban J connectivity index is 2.20. The molecular formula is C18H12ClFN2O2S. The van der Waals surface area contributed by atoms with Crippen LogP contribution in [0.15, 0.2) is 41.4 Å². The topological polar surface area (TPSA) is 43.6 Å². The molecule has 3 aromatic rings. The van der Waals surface area contributed by atoms with Crippen molar-refractivity contribution in [2.45, 2.75) is 6.54 Å². The van der Waals surface area contributed by atoms with E-state index in [0.29, 0.717) is 10.6 Å². The number of hydrogen-bond acceptors (Lipinski definition) is 3. The summed E-state index contributed by atoms with van der Waals surface area (Å²) < 4.78 is 21.7. The monoisotopic (exact) mass is 374 g/mol. The normalized spacial score (nSPS) is 11.5. The molecular weight excluding hydrogens is 363 g/mol. The van der Waals surface area contributed by atoms with E-state index in [9.17, 15) is 9.18 Å². The predicted octanol–water partition coefficient (Wildman–Crippen LogP) is 3.88. The van der Waals surface area contributed by atoms with Crippen LogP contribution in [0.2, 0.25) is 5.02 Å². The molecule has 0 aliphatic rings. The summed E-state index contributed by atoms with van der Waals surface area (Å²) in [6.45, 7) is 0.226. The number of amides is 1. The lowest BCUT2D eigenvalue weighted by Gasteiger charge is -2.02. The standard InChI is InChI=1S/C18H12ClFN2O2S/c1-3-9-22-14-8-7-11(24-2)10-15(14)25-18(22)21-17(23)16-12(19)5-4-6-13(16)20/h1,4-8,10H,9H2,2H3. The molecule has 1 amide bonds. The molecule has 2 aromatic carbocycles. The van der Waals surface area contributed by atoms with Crippen molar-refractivity contribution in [3.8, 4) is 18.1 Å². The van der Waals surface area contributed by atoms with Crippen LogP contribution in [-0.4, -0.2) is 17.6 Å². The zero-order chi connectivity index (χ0) is 18.0. The second kappa shape index (κ2) is 7.09. The number of halogens is 2. The maximum absolute atomic E-state index is 13.9. The number of fused-ring (bicyclic) bond motifs is 1. The van der Waals surface area contributed by atoms with E-state index in [1.165, 1.54) is 29.5 Å². The summed E-state index contributed by atoms with van der Waals surface area (Å²) in [6.07, 6.45) is 5.43. The third-order valence-corrected chi connectivity index (χ3v) is 4.87. The number of carbonyl (C=O) groups is 1. The molecule has 0 aliphatic heterocycles. The molecule has 7 heteroatoms. The average molecular weight is 375 g/mol. The Bertz CT molecular complexity index is 1060. The minimum atomic E-state index is -0.757. The molecule has 0 saturated carbocycles. The summed E-state index contributed by atoms with van der Waals surface area (Å²) in [5, 5.41) is 0.0139. The summed E-state index contributed by atoms with van der Waals surface area (Å²) in [4.78, 5) is 16.8. The Morgan fingerprint density at radius 2 is 2.24 bits per heavy atom. The predicted molar refractivity (Wildman–Crippen MR) is 96.5 cm³/mol. The van der Waals surface area contributed by atoms with Crippen LogP contribution in [-0.2, 0) is 6.54 Å². The number of terminal acetylenes is 1. The number of hydrogen-bond donors (Lipinski definition) is 0. The van der Waals surface area contributed by atoms with Crippen molar-refractivity contribution >= 4 is 39.1 Å². The fourth-order valence-corrected chi connectivity index (χ4v) is 3.65. The van der Waals surface area contributed by atoms with Crippen LogP contribution >= 0.6 is 22.9 Å². The van der Waals surface area contributed by atoms with Crippen LogP contribution in [0.4, 0.5) is 4.39 Å². The smallest absolute Gasteiger partial charge is 0.284 e. The van der Waals surface area contributed by atoms with Gasteiger partial charge >= 0.3 is 0 Å². The van der Waals surface area contributed by atoms with Gasteiger partial charge in [0.15, 0.2) is 4.80 Å². The quantitative estimate of drug-likeness (QED) is 0.653. The zero-order valence-electron chi connectivity index (χ0n) is 13.1. The number of nitrogens with zero attached hydrogens (tertiary/aromatic N) is 2. The van der Waals surface area contributed by atoms with Gasteiger partial charge in [-0.05, 0) is 30.3 Å². The van der Waals surface area contributed by atoms with E-state index in [4.69, 9.17) is 22.8 Å². The molecule has 0 aliphatic carbocycles. The average Bonchev–Trinajstić information content (AvgIpc) is 2.91. The third-order valence-electron chi connectivity index (χ3n) is 3.51. The fourth-order valence-electron chi connectivity index (χ4n) is 2.35. The van der Waals surface area contributed by atoms with Crippen LogP contribution in [0.25, 0.3) is 10.2 Å². The lowest BCUT2D eigenvalue weighted by atomic mass is 10.2. The lowest BCUT2D eigenvalue weighted by molar-refractivity contribution is 0.0994. The molecule has 126 valence electrons. The maximum Gasteiger partial charge on any atom is 0.284 e. The fraction of sp³-hybridized carbons (Fsp3) is 0.111. The highest BCUT2D eigenvalue weighted by atomic mass is 35.5. The Kier molecular flexibility index (Phi) is 4.88. The number of carbonyl (C=O) groups excluding carboxylic acids is 1. The van der Waals surface area contributed by atoms with Crippen molar-refractivity contribution in [2.24, 2.45) is 4.99 Å². The van der Waals surface area contributed by atoms with Gasteiger partial charge in [0.2, 0.25) is 0 Å². The van der Waals surface area contributed by atoms with E-state index in [-0.39, 0.29) is 17.1 Å². The van der Waals surface area contributed by atoms with Crippen molar-refractivity contribution in [3.63, 3.8) is 0 Å². The summed E-state index contributed by atoms with van der Waals surface area (Å²) >= 11 is 7.20. The summed E-state index contributed by atoms with van der Waals surface area (Å²) in [7, 11) is 1.57. The number of thiazole rings is 1. The molecule has 0 unspecified atom stereocenters. The van der Waals surface area contributed by atoms with E-state index < -0.39 is 11.7 Å². The Labute approximate surface area is 152 Å². The van der Waals surface area contributed by atoms with Gasteiger partial charge < -0.3 is 9.30 Å². The Morgan fingerprint density at radius 1 is 1.44 bits per heavy atom. The molecule has 0 atom stereocenters. The summed E-state index contributed by atoms with van der Waals surface area (Å²) in [5.74, 6) is 1.74. The van der Waals surface area contributed by atoms with Crippen LogP contribution in [0.1, 0.15) is 10.4 Å². The maximum atomic E-state index is 13.9. The molecule has 0 bridgehead atoms. The summed E-state index contributed by atoms with van der Waals surface area (Å²) in [5.41, 5.74) is 0.557. The van der Waals surface area contributed by atoms with E-state index in [2.05, 4.69) is 10.9 Å². The third kappa shape index (κ3) is 3.29. The van der Waals surface area contributed by atoms with E-state index in [0.717, 1.165) is 10.2 Å². The van der Waals surface area contributed by atoms with Crippen molar-refractivity contribution in [1.82, 2.24) is 4.57 Å². The van der Waals surface area contributed by atoms with E-state index in [1.807, 2.05) is 12.1 Å². The number of rotatable bonds is 3. The number of aromatic nitrogens is 1. The van der Waals surface area contributed by atoms with Crippen LogP contribution in [0.5, 0.6) is 5.75 Å². The van der Waals surface area contributed by atoms with Crippen LogP contribution < -0.4 is 9.54 Å². The van der Waals surface area contributed by atoms with Gasteiger partial charge in [-0.25, -0.2) is 4.39 Å². The molecule has 0 fully saturated rings. The van der Waals surface area contributed by atoms with Crippen molar-refractivity contribution in [1.29, 1.82) is 0 Å². The number of benzene rings is 2. The van der Waals surface area contributed by atoms with Gasteiger partial charge in [-0.3, -0.25) is 4.79 Å². The largest absolute Gasteiger partial charge is 0.497 e. The molecule has 1 aromatic heterocycles. The van der Waals surface area contributed by atoms with Crippen molar-refractivity contribution in [3.05, 3.63) is 57.6 Å². The first kappa shape index (κ1) is 17.2. The first-order chi connectivity index (χ1) is 12.0. The van der Waals surface area contributed by atoms with Gasteiger partial charge in [-0.15, -0.1) is 6.42 Å². The number of methoxy groups -OCH3 is 1. The van der Waals surface area contributed by atoms with Gasteiger partial charge in [0.25, 0.3) is 5.91 Å². The van der Waals surface area contributed by atoms with Gasteiger partial charge in [0.1, 0.15) is 11.6 Å². The highest BCUT2D eigenvalue weighted by Crippen LogP contribution is 2.24. The number of ether oxygens (including phenoxy) is 1. The summed E-state index contributed by atoms with van der Waals surface area (Å²) in [6, 6.07) is 9.49. The van der Waals surface area contributed by atoms with Crippen LogP contribution in [0, 0.1) is 18.2 Å². The molecule has 1 heterocycles. The van der Waals surface area contributed by atoms with E-state index in [1.54, 1.807) is 17.7 Å². The molecule has 0 radical (unpaired) electrons. The van der Waals surface area contributed by atoms with Crippen LogP contribution in [0.3, 0.4) is 0 Å². The molecule has 0 spiro atoms. The highest BCUT2D eigenvalue weighted by Gasteiger charge is 2.16. The second-order valence-corrected chi connectivity index (χ2v) is 6.44. The van der Waals surface area contributed by atoms with Gasteiger partial charge in [-0.2, -0.15) is 4.99 Å². The molecule has 0 N–H and O–H groups in total. The molecule has 25 heavy (non-hydrogen) atoms. The second-order valence-electron chi connectivity index (χ2n) is 5.02. The minimum Gasteiger partial charge on any atom is -0.497 e. The first-order valence-electron chi connectivity index (χ1n) is 7.19. The first-order valence-corrected chi connectivity index (χ1v) is 8.38. The highest BCUT2D eigenvalue weighted by molar-refractivity contribution is 7.16. The lowest BCUT2D eigenvalue weighted by Crippen LogP contribution is -2.17. The van der Waals surface area contributed by atoms with Crippen molar-refractivity contribution in [2.75, 3.05) is 7.11 Å². The Morgan fingerprint density at radius 3 is 2.92 bits per heavy atom. The molecule has 3 rings (SSSR count). The van der Waals surface area contributed by atoms with E-state index >= 15 is 0 Å². The van der Waals surface area contributed by atoms with Gasteiger partial charge in [-0.1, -0.05) is 34.9 Å². The van der Waals surface area contributed by atoms with Gasteiger partial charge in [0, 0.05) is 0 Å². The molecule has 4 nitrogen and oxygen atoms in total. The minimum absolute atomic E-state index is 0.0139. The SMILES string of the molecule is C#CCn1c(=NC(=O)c2c(F)cccc2Cl)sc2cc(OC)ccc21.